The number of aryl methyl sites for hydroxylation is 2. The molecule has 0 fully saturated rings. The van der Waals surface area contributed by atoms with Crippen molar-refractivity contribution in [1.82, 2.24) is 0 Å². The van der Waals surface area contributed by atoms with Crippen molar-refractivity contribution in [3.05, 3.63) is 153 Å². The van der Waals surface area contributed by atoms with Crippen molar-refractivity contribution in [2.75, 3.05) is 0 Å². The van der Waals surface area contributed by atoms with Crippen molar-refractivity contribution in [3.8, 4) is 22.3 Å². The van der Waals surface area contributed by atoms with E-state index in [4.69, 9.17) is 0 Å². The maximum absolute atomic E-state index is 13.4. The minimum atomic E-state index is -0.262. The molecule has 5 aromatic rings. The molecule has 2 aliphatic rings. The molecule has 0 amide bonds. The molecule has 2 nitrogen and oxygen atoms in total. The summed E-state index contributed by atoms with van der Waals surface area (Å²) in [5.74, 6) is 0.115. The second kappa shape index (κ2) is 8.97. The van der Waals surface area contributed by atoms with Gasteiger partial charge in [-0.1, -0.05) is 88.4 Å². The Balaban J connectivity index is 1.37. The molecule has 0 aromatic heterocycles. The van der Waals surface area contributed by atoms with Gasteiger partial charge in [0.05, 0.1) is 0 Å². The Morgan fingerprint density at radius 1 is 0.452 bits per heavy atom. The Kier molecular flexibility index (Phi) is 5.63. The number of rotatable bonds is 4. The number of hydrogen-bond donors (Lipinski definition) is 0. The number of ketones is 2. The van der Waals surface area contributed by atoms with Gasteiger partial charge in [0.1, 0.15) is 0 Å². The summed E-state index contributed by atoms with van der Waals surface area (Å²) >= 11 is 0. The van der Waals surface area contributed by atoms with E-state index in [1.54, 1.807) is 0 Å². The first kappa shape index (κ1) is 26.3. The van der Waals surface area contributed by atoms with E-state index in [-0.39, 0.29) is 22.4 Å². The SMILES string of the molecule is Cc1cc(C(=O)c2ccccc2)cc2c1-c1cc3c(cc1C2(C)C)-c1c(C)cc(C(=O)c2ccccc2)cc1C3(C)C. The van der Waals surface area contributed by atoms with Gasteiger partial charge in [0.15, 0.2) is 11.6 Å². The zero-order valence-electron chi connectivity index (χ0n) is 25.1. The predicted molar refractivity (Wildman–Crippen MR) is 171 cm³/mol. The van der Waals surface area contributed by atoms with Crippen LogP contribution in [0.3, 0.4) is 0 Å². The Hall–Kier alpha value is -4.56. The van der Waals surface area contributed by atoms with Gasteiger partial charge < -0.3 is 0 Å². The van der Waals surface area contributed by atoms with Crippen LogP contribution in [0.1, 0.15) is 92.9 Å². The van der Waals surface area contributed by atoms with Crippen molar-refractivity contribution in [3.63, 3.8) is 0 Å². The third-order valence-electron chi connectivity index (χ3n) is 9.66. The van der Waals surface area contributed by atoms with Crippen LogP contribution in [0.5, 0.6) is 0 Å². The first-order valence-electron chi connectivity index (χ1n) is 14.7. The Morgan fingerprint density at radius 2 is 0.810 bits per heavy atom. The fraction of sp³-hybridized carbons (Fsp3) is 0.200. The van der Waals surface area contributed by atoms with Crippen LogP contribution in [0.4, 0.5) is 0 Å². The molecule has 0 saturated carbocycles. The maximum atomic E-state index is 13.4. The molecule has 0 aliphatic heterocycles. The molecule has 0 N–H and O–H groups in total. The molecular weight excluding hydrogens is 512 g/mol. The average Bonchev–Trinajstić information content (AvgIpc) is 3.35. The lowest BCUT2D eigenvalue weighted by atomic mass is 9.79. The molecule has 5 aromatic carbocycles. The Labute approximate surface area is 248 Å². The van der Waals surface area contributed by atoms with Crippen LogP contribution in [0.2, 0.25) is 0 Å². The van der Waals surface area contributed by atoms with Crippen LogP contribution >= 0.6 is 0 Å². The van der Waals surface area contributed by atoms with E-state index < -0.39 is 0 Å². The standard InChI is InChI=1S/C40H34O2/c1-23-17-27(37(41)25-13-9-7-10-14-25)19-33-35(23)29-21-32-30(22-31(29)39(33,3)4)36-24(2)18-28(20-34(36)40(32,5)6)38(42)26-15-11-8-12-16-26/h7-22H,1-6H3. The molecule has 2 aliphatic carbocycles. The van der Waals surface area contributed by atoms with Gasteiger partial charge in [-0.25, -0.2) is 0 Å². The molecule has 2 heteroatoms. The van der Waals surface area contributed by atoms with Gasteiger partial charge in [-0.2, -0.15) is 0 Å². The maximum Gasteiger partial charge on any atom is 0.193 e. The fourth-order valence-electron chi connectivity index (χ4n) is 7.39. The largest absolute Gasteiger partial charge is 0.289 e. The summed E-state index contributed by atoms with van der Waals surface area (Å²) in [4.78, 5) is 26.9. The van der Waals surface area contributed by atoms with Gasteiger partial charge in [-0.05, 0) is 106 Å². The van der Waals surface area contributed by atoms with E-state index in [2.05, 4.69) is 77.9 Å². The van der Waals surface area contributed by atoms with Crippen LogP contribution in [-0.2, 0) is 10.8 Å². The lowest BCUT2D eigenvalue weighted by Crippen LogP contribution is -2.17. The smallest absolute Gasteiger partial charge is 0.193 e. The van der Waals surface area contributed by atoms with Gasteiger partial charge >= 0.3 is 0 Å². The highest BCUT2D eigenvalue weighted by Gasteiger charge is 2.43. The number of hydrogen-bond acceptors (Lipinski definition) is 2. The summed E-state index contributed by atoms with van der Waals surface area (Å²) in [6.07, 6.45) is 0. The lowest BCUT2D eigenvalue weighted by Gasteiger charge is -2.24. The highest BCUT2D eigenvalue weighted by molar-refractivity contribution is 6.11. The van der Waals surface area contributed by atoms with Crippen LogP contribution in [-0.4, -0.2) is 11.6 Å². The van der Waals surface area contributed by atoms with E-state index in [0.717, 1.165) is 22.3 Å². The van der Waals surface area contributed by atoms with Crippen molar-refractivity contribution < 1.29 is 9.59 Å². The van der Waals surface area contributed by atoms with Crippen molar-refractivity contribution in [2.24, 2.45) is 0 Å². The minimum Gasteiger partial charge on any atom is -0.289 e. The molecule has 206 valence electrons. The molecule has 0 atom stereocenters. The monoisotopic (exact) mass is 546 g/mol. The molecule has 0 spiro atoms. The lowest BCUT2D eigenvalue weighted by molar-refractivity contribution is 0.103. The highest BCUT2D eigenvalue weighted by atomic mass is 16.1. The van der Waals surface area contributed by atoms with E-state index >= 15 is 0 Å². The van der Waals surface area contributed by atoms with E-state index in [1.807, 2.05) is 60.7 Å². The quantitative estimate of drug-likeness (QED) is 0.210. The summed E-state index contributed by atoms with van der Waals surface area (Å²) in [6.45, 7) is 13.4. The molecular formula is C40H34O2. The summed E-state index contributed by atoms with van der Waals surface area (Å²) in [5, 5.41) is 0. The van der Waals surface area contributed by atoms with Crippen LogP contribution in [0.15, 0.2) is 97.1 Å². The van der Waals surface area contributed by atoms with Crippen LogP contribution in [0.25, 0.3) is 22.3 Å². The zero-order valence-corrected chi connectivity index (χ0v) is 25.1. The average molecular weight is 547 g/mol. The third kappa shape index (κ3) is 3.64. The van der Waals surface area contributed by atoms with Gasteiger partial charge in [0, 0.05) is 33.1 Å². The number of fused-ring (bicyclic) bond motifs is 6. The molecule has 0 heterocycles. The summed E-state index contributed by atoms with van der Waals surface area (Å²) in [6, 6.07) is 32.2. The molecule has 7 rings (SSSR count). The van der Waals surface area contributed by atoms with Crippen LogP contribution in [0, 0.1) is 13.8 Å². The first-order chi connectivity index (χ1) is 20.0. The van der Waals surface area contributed by atoms with E-state index in [0.29, 0.717) is 11.1 Å². The van der Waals surface area contributed by atoms with Gasteiger partial charge in [0.2, 0.25) is 0 Å². The normalized spacial score (nSPS) is 15.0. The number of carbonyl (C=O) groups excluding carboxylic acids is 2. The molecule has 0 bridgehead atoms. The van der Waals surface area contributed by atoms with Crippen molar-refractivity contribution >= 4 is 11.6 Å². The van der Waals surface area contributed by atoms with Gasteiger partial charge in [-0.15, -0.1) is 0 Å². The topological polar surface area (TPSA) is 34.1 Å². The predicted octanol–water partition coefficient (Wildman–Crippen LogP) is 9.38. The highest BCUT2D eigenvalue weighted by Crippen LogP contribution is 2.57. The van der Waals surface area contributed by atoms with Crippen LogP contribution < -0.4 is 0 Å². The molecule has 0 radical (unpaired) electrons. The summed E-state index contributed by atoms with van der Waals surface area (Å²) in [7, 11) is 0. The number of carbonyl (C=O) groups is 2. The summed E-state index contributed by atoms with van der Waals surface area (Å²) in [5.41, 5.74) is 14.6. The van der Waals surface area contributed by atoms with Crippen molar-refractivity contribution in [1.29, 1.82) is 0 Å². The zero-order chi connectivity index (χ0) is 29.6. The summed E-state index contributed by atoms with van der Waals surface area (Å²) < 4.78 is 0. The second-order valence-corrected chi connectivity index (χ2v) is 13.0. The van der Waals surface area contributed by atoms with E-state index in [1.165, 1.54) is 44.5 Å². The van der Waals surface area contributed by atoms with Crippen molar-refractivity contribution in [2.45, 2.75) is 52.4 Å². The molecule has 0 saturated heterocycles. The fourth-order valence-corrected chi connectivity index (χ4v) is 7.39. The van der Waals surface area contributed by atoms with Gasteiger partial charge in [-0.3, -0.25) is 9.59 Å². The first-order valence-corrected chi connectivity index (χ1v) is 14.7. The van der Waals surface area contributed by atoms with E-state index in [9.17, 15) is 9.59 Å². The number of benzene rings is 5. The Bertz CT molecular complexity index is 1810. The molecule has 0 unspecified atom stereocenters. The second-order valence-electron chi connectivity index (χ2n) is 13.0. The molecule has 42 heavy (non-hydrogen) atoms. The third-order valence-corrected chi connectivity index (χ3v) is 9.66. The van der Waals surface area contributed by atoms with Gasteiger partial charge in [0.25, 0.3) is 0 Å². The minimum absolute atomic E-state index is 0.0577. The Morgan fingerprint density at radius 3 is 1.17 bits per heavy atom.